The minimum Gasteiger partial charge on any atom is -0.496 e. The standard InChI is InChI=1S/C27H30Cl2N2O4S/c1-17(2)22-15-23(18(3)13-26(22)35-5)19(4)30-27(32)16-31(20-11-12-24(28)25(29)14-20)36(33,34)21-9-7-6-8-10-21/h6-15,17,19H,16H2,1-5H3,(H,30,32). The third-order valence-corrected chi connectivity index (χ3v) is 8.42. The lowest BCUT2D eigenvalue weighted by Gasteiger charge is -2.26. The highest BCUT2D eigenvalue weighted by molar-refractivity contribution is 7.92. The fourth-order valence-electron chi connectivity index (χ4n) is 3.98. The van der Waals surface area contributed by atoms with Crippen molar-refractivity contribution in [3.63, 3.8) is 0 Å². The third kappa shape index (κ3) is 6.14. The molecule has 0 aliphatic heterocycles. The van der Waals surface area contributed by atoms with E-state index in [2.05, 4.69) is 19.2 Å². The number of carbonyl (C=O) groups excluding carboxylic acids is 1. The average molecular weight is 550 g/mol. The lowest BCUT2D eigenvalue weighted by atomic mass is 9.93. The molecule has 0 aliphatic rings. The Balaban J connectivity index is 1.93. The molecule has 0 heterocycles. The van der Waals surface area contributed by atoms with E-state index < -0.39 is 22.5 Å². The summed E-state index contributed by atoms with van der Waals surface area (Å²) in [5.41, 5.74) is 3.16. The zero-order chi connectivity index (χ0) is 26.6. The highest BCUT2D eigenvalue weighted by Gasteiger charge is 2.28. The Labute approximate surface area is 223 Å². The van der Waals surface area contributed by atoms with E-state index in [4.69, 9.17) is 27.9 Å². The van der Waals surface area contributed by atoms with Crippen molar-refractivity contribution < 1.29 is 17.9 Å². The predicted molar refractivity (Wildman–Crippen MR) is 146 cm³/mol. The number of anilines is 1. The van der Waals surface area contributed by atoms with Crippen LogP contribution < -0.4 is 14.4 Å². The molecule has 0 aromatic heterocycles. The Morgan fingerprint density at radius 1 is 0.972 bits per heavy atom. The normalized spacial score (nSPS) is 12.3. The first-order chi connectivity index (χ1) is 16.9. The zero-order valence-electron chi connectivity index (χ0n) is 20.9. The summed E-state index contributed by atoms with van der Waals surface area (Å²) in [7, 11) is -2.42. The molecule has 9 heteroatoms. The monoisotopic (exact) mass is 548 g/mol. The van der Waals surface area contributed by atoms with Gasteiger partial charge in [0, 0.05) is 0 Å². The summed E-state index contributed by atoms with van der Waals surface area (Å²) < 4.78 is 33.6. The molecule has 3 rings (SSSR count). The highest BCUT2D eigenvalue weighted by Crippen LogP contribution is 2.33. The maximum atomic E-state index is 13.5. The molecule has 0 bridgehead atoms. The number of halogens is 2. The highest BCUT2D eigenvalue weighted by atomic mass is 35.5. The number of sulfonamides is 1. The van der Waals surface area contributed by atoms with E-state index in [0.29, 0.717) is 0 Å². The topological polar surface area (TPSA) is 75.7 Å². The Kier molecular flexibility index (Phi) is 8.93. The number of aryl methyl sites for hydroxylation is 1. The maximum Gasteiger partial charge on any atom is 0.264 e. The van der Waals surface area contributed by atoms with Gasteiger partial charge < -0.3 is 10.1 Å². The molecule has 1 amide bonds. The molecule has 0 saturated carbocycles. The van der Waals surface area contributed by atoms with Crippen molar-refractivity contribution in [1.29, 1.82) is 0 Å². The minimum absolute atomic E-state index is 0.0597. The third-order valence-electron chi connectivity index (χ3n) is 5.89. The zero-order valence-corrected chi connectivity index (χ0v) is 23.2. The maximum absolute atomic E-state index is 13.5. The van der Waals surface area contributed by atoms with Crippen LogP contribution in [0.25, 0.3) is 0 Å². The van der Waals surface area contributed by atoms with Crippen LogP contribution in [0, 0.1) is 6.92 Å². The molecule has 0 aliphatic carbocycles. The number of ether oxygens (including phenoxy) is 1. The Morgan fingerprint density at radius 3 is 2.22 bits per heavy atom. The number of rotatable bonds is 9. The van der Waals surface area contributed by atoms with Crippen LogP contribution in [0.15, 0.2) is 65.6 Å². The van der Waals surface area contributed by atoms with E-state index >= 15 is 0 Å². The van der Waals surface area contributed by atoms with Gasteiger partial charge in [-0.05, 0) is 78.9 Å². The van der Waals surface area contributed by atoms with E-state index in [0.717, 1.165) is 26.7 Å². The number of amides is 1. The minimum atomic E-state index is -4.06. The summed E-state index contributed by atoms with van der Waals surface area (Å²) >= 11 is 12.2. The van der Waals surface area contributed by atoms with Gasteiger partial charge in [-0.3, -0.25) is 9.10 Å². The van der Waals surface area contributed by atoms with Crippen LogP contribution in [0.1, 0.15) is 49.4 Å². The number of carbonyl (C=O) groups is 1. The van der Waals surface area contributed by atoms with E-state index in [1.165, 1.54) is 30.3 Å². The Hall–Kier alpha value is -2.74. The molecule has 3 aromatic carbocycles. The Bertz CT molecular complexity index is 1350. The van der Waals surface area contributed by atoms with Gasteiger partial charge in [0.15, 0.2) is 0 Å². The first kappa shape index (κ1) is 27.8. The number of methoxy groups -OCH3 is 1. The lowest BCUT2D eigenvalue weighted by molar-refractivity contribution is -0.120. The molecule has 6 nitrogen and oxygen atoms in total. The fraction of sp³-hybridized carbons (Fsp3) is 0.296. The lowest BCUT2D eigenvalue weighted by Crippen LogP contribution is -2.41. The van der Waals surface area contributed by atoms with Crippen LogP contribution in [0.2, 0.25) is 10.0 Å². The second-order valence-corrected chi connectivity index (χ2v) is 11.5. The number of nitrogens with one attached hydrogen (secondary N) is 1. The summed E-state index contributed by atoms with van der Waals surface area (Å²) in [6.45, 7) is 7.53. The smallest absolute Gasteiger partial charge is 0.264 e. The van der Waals surface area contributed by atoms with Gasteiger partial charge in [-0.15, -0.1) is 0 Å². The predicted octanol–water partition coefficient (Wildman–Crippen LogP) is 6.51. The van der Waals surface area contributed by atoms with Crippen LogP contribution in [-0.4, -0.2) is 28.0 Å². The van der Waals surface area contributed by atoms with Crippen molar-refractivity contribution in [2.45, 2.75) is 44.6 Å². The molecular formula is C27H30Cl2N2O4S. The van der Waals surface area contributed by atoms with E-state index in [1.54, 1.807) is 25.3 Å². The summed E-state index contributed by atoms with van der Waals surface area (Å²) in [4.78, 5) is 13.3. The number of hydrogen-bond acceptors (Lipinski definition) is 4. The van der Waals surface area contributed by atoms with Crippen molar-refractivity contribution in [3.8, 4) is 5.75 Å². The largest absolute Gasteiger partial charge is 0.496 e. The summed E-state index contributed by atoms with van der Waals surface area (Å²) in [6, 6.07) is 16.0. The number of nitrogens with zero attached hydrogens (tertiary/aromatic N) is 1. The number of benzene rings is 3. The van der Waals surface area contributed by atoms with Crippen LogP contribution in [-0.2, 0) is 14.8 Å². The molecule has 36 heavy (non-hydrogen) atoms. The van der Waals surface area contributed by atoms with Gasteiger partial charge in [0.25, 0.3) is 10.0 Å². The van der Waals surface area contributed by atoms with Crippen LogP contribution >= 0.6 is 23.2 Å². The van der Waals surface area contributed by atoms with Gasteiger partial charge in [0.2, 0.25) is 5.91 Å². The van der Waals surface area contributed by atoms with E-state index in [1.807, 2.05) is 26.0 Å². The van der Waals surface area contributed by atoms with Gasteiger partial charge in [0.1, 0.15) is 12.3 Å². The molecule has 0 fully saturated rings. The van der Waals surface area contributed by atoms with Crippen molar-refractivity contribution in [3.05, 3.63) is 87.4 Å². The SMILES string of the molecule is COc1cc(C)c(C(C)NC(=O)CN(c2ccc(Cl)c(Cl)c2)S(=O)(=O)c2ccccc2)cc1C(C)C. The molecule has 1 atom stereocenters. The number of hydrogen-bond donors (Lipinski definition) is 1. The Morgan fingerprint density at radius 2 is 1.64 bits per heavy atom. The molecular weight excluding hydrogens is 519 g/mol. The molecule has 1 unspecified atom stereocenters. The molecule has 0 saturated heterocycles. The molecule has 0 radical (unpaired) electrons. The second kappa shape index (κ2) is 11.5. The van der Waals surface area contributed by atoms with Crippen molar-refractivity contribution in [2.75, 3.05) is 18.0 Å². The van der Waals surface area contributed by atoms with Gasteiger partial charge in [-0.25, -0.2) is 8.42 Å². The van der Waals surface area contributed by atoms with Crippen molar-refractivity contribution in [2.24, 2.45) is 0 Å². The summed E-state index contributed by atoms with van der Waals surface area (Å²) in [6.07, 6.45) is 0. The van der Waals surface area contributed by atoms with Crippen LogP contribution in [0.3, 0.4) is 0 Å². The van der Waals surface area contributed by atoms with Crippen LogP contribution in [0.4, 0.5) is 5.69 Å². The van der Waals surface area contributed by atoms with Gasteiger partial charge in [-0.1, -0.05) is 55.2 Å². The second-order valence-electron chi connectivity index (χ2n) is 8.82. The van der Waals surface area contributed by atoms with Gasteiger partial charge in [-0.2, -0.15) is 0 Å². The van der Waals surface area contributed by atoms with E-state index in [-0.39, 0.29) is 32.6 Å². The van der Waals surface area contributed by atoms with E-state index in [9.17, 15) is 13.2 Å². The molecule has 0 spiro atoms. The first-order valence-corrected chi connectivity index (χ1v) is 13.7. The van der Waals surface area contributed by atoms with Gasteiger partial charge in [0.05, 0.1) is 33.8 Å². The van der Waals surface area contributed by atoms with Crippen molar-refractivity contribution in [1.82, 2.24) is 5.32 Å². The molecule has 1 N–H and O–H groups in total. The summed E-state index contributed by atoms with van der Waals surface area (Å²) in [5, 5.41) is 3.42. The quantitative estimate of drug-likeness (QED) is 0.330. The van der Waals surface area contributed by atoms with Gasteiger partial charge >= 0.3 is 0 Å². The first-order valence-electron chi connectivity index (χ1n) is 11.5. The van der Waals surface area contributed by atoms with Crippen LogP contribution in [0.5, 0.6) is 5.75 Å². The van der Waals surface area contributed by atoms with Crippen molar-refractivity contribution >= 4 is 44.8 Å². The summed E-state index contributed by atoms with van der Waals surface area (Å²) in [5.74, 6) is 0.558. The fourth-order valence-corrected chi connectivity index (χ4v) is 5.71. The molecule has 3 aromatic rings. The molecule has 192 valence electrons. The average Bonchev–Trinajstić information content (AvgIpc) is 2.84.